The number of quaternary nitrogens is 1. The van der Waals surface area contributed by atoms with Gasteiger partial charge in [0.15, 0.2) is 0 Å². The summed E-state index contributed by atoms with van der Waals surface area (Å²) < 4.78 is 5.25. The Hall–Kier alpha value is -0.730. The molecule has 0 amide bonds. The van der Waals surface area contributed by atoms with Crippen molar-refractivity contribution < 1.29 is 10.1 Å². The van der Waals surface area contributed by atoms with E-state index in [-0.39, 0.29) is 0 Å². The zero-order valence-corrected chi connectivity index (χ0v) is 9.47. The second kappa shape index (κ2) is 5.89. The van der Waals surface area contributed by atoms with Gasteiger partial charge in [0.05, 0.1) is 13.7 Å². The molecule has 1 rings (SSSR count). The maximum Gasteiger partial charge on any atom is 0.127 e. The highest BCUT2D eigenvalue weighted by atomic mass is 35.5. The van der Waals surface area contributed by atoms with Crippen LogP contribution in [-0.4, -0.2) is 13.7 Å². The quantitative estimate of drug-likeness (QED) is 0.744. The lowest BCUT2D eigenvalue weighted by Crippen LogP contribution is -2.82. The summed E-state index contributed by atoms with van der Waals surface area (Å²) in [5, 5.41) is 3.03. The van der Waals surface area contributed by atoms with E-state index in [1.54, 1.807) is 7.11 Å². The molecule has 0 saturated heterocycles. The molecule has 3 heteroatoms. The Labute approximate surface area is 90.2 Å². The SMILES string of the molecule is CCC[NH2+]Cc1cc(Cl)ccc1OC. The van der Waals surface area contributed by atoms with Crippen molar-refractivity contribution in [2.24, 2.45) is 0 Å². The number of nitrogens with two attached hydrogens (primary N) is 1. The minimum absolute atomic E-state index is 0.769. The van der Waals surface area contributed by atoms with Crippen molar-refractivity contribution in [3.63, 3.8) is 0 Å². The molecule has 0 saturated carbocycles. The van der Waals surface area contributed by atoms with Crippen LogP contribution in [0.5, 0.6) is 5.75 Å². The first-order valence-electron chi connectivity index (χ1n) is 4.92. The average molecular weight is 215 g/mol. The largest absolute Gasteiger partial charge is 0.496 e. The van der Waals surface area contributed by atoms with Crippen molar-refractivity contribution >= 4 is 11.6 Å². The van der Waals surface area contributed by atoms with Gasteiger partial charge >= 0.3 is 0 Å². The van der Waals surface area contributed by atoms with E-state index in [0.29, 0.717) is 0 Å². The smallest absolute Gasteiger partial charge is 0.127 e. The Morgan fingerprint density at radius 2 is 2.21 bits per heavy atom. The predicted octanol–water partition coefficient (Wildman–Crippen LogP) is 1.82. The summed E-state index contributed by atoms with van der Waals surface area (Å²) in [4.78, 5) is 0. The van der Waals surface area contributed by atoms with Crippen LogP contribution < -0.4 is 10.1 Å². The Morgan fingerprint density at radius 3 is 2.86 bits per heavy atom. The Morgan fingerprint density at radius 1 is 1.43 bits per heavy atom. The van der Waals surface area contributed by atoms with Crippen LogP contribution in [-0.2, 0) is 6.54 Å². The van der Waals surface area contributed by atoms with Gasteiger partial charge in [-0.05, 0) is 24.6 Å². The van der Waals surface area contributed by atoms with Crippen LogP contribution in [0.15, 0.2) is 18.2 Å². The predicted molar refractivity (Wildman–Crippen MR) is 58.8 cm³/mol. The first-order chi connectivity index (χ1) is 6.77. The third-order valence-corrected chi connectivity index (χ3v) is 2.33. The molecule has 78 valence electrons. The summed E-state index contributed by atoms with van der Waals surface area (Å²) in [7, 11) is 1.69. The van der Waals surface area contributed by atoms with Crippen LogP contribution in [0.1, 0.15) is 18.9 Å². The summed E-state index contributed by atoms with van der Waals surface area (Å²) in [6.07, 6.45) is 1.18. The molecule has 1 aromatic rings. The maximum atomic E-state index is 5.92. The number of benzene rings is 1. The van der Waals surface area contributed by atoms with E-state index < -0.39 is 0 Å². The van der Waals surface area contributed by atoms with E-state index >= 15 is 0 Å². The summed E-state index contributed by atoms with van der Waals surface area (Å²) in [5.74, 6) is 0.918. The molecule has 0 spiro atoms. The number of hydrogen-bond acceptors (Lipinski definition) is 1. The first-order valence-corrected chi connectivity index (χ1v) is 5.29. The number of rotatable bonds is 5. The van der Waals surface area contributed by atoms with Crippen LogP contribution in [0.25, 0.3) is 0 Å². The standard InChI is InChI=1S/C11H16ClNO/c1-3-6-13-8-9-7-10(12)4-5-11(9)14-2/h4-5,7,13H,3,6,8H2,1-2H3/p+1. The van der Waals surface area contributed by atoms with Crippen LogP contribution in [0.2, 0.25) is 5.02 Å². The number of halogens is 1. The van der Waals surface area contributed by atoms with Crippen molar-refractivity contribution in [2.45, 2.75) is 19.9 Å². The zero-order chi connectivity index (χ0) is 10.4. The van der Waals surface area contributed by atoms with Gasteiger partial charge in [-0.1, -0.05) is 18.5 Å². The van der Waals surface area contributed by atoms with Gasteiger partial charge in [-0.2, -0.15) is 0 Å². The van der Waals surface area contributed by atoms with Gasteiger partial charge in [-0.25, -0.2) is 0 Å². The fraction of sp³-hybridized carbons (Fsp3) is 0.455. The third-order valence-electron chi connectivity index (χ3n) is 2.10. The molecule has 1 aromatic carbocycles. The van der Waals surface area contributed by atoms with E-state index in [0.717, 1.165) is 29.4 Å². The van der Waals surface area contributed by atoms with E-state index in [9.17, 15) is 0 Å². The van der Waals surface area contributed by atoms with Gasteiger partial charge in [0.25, 0.3) is 0 Å². The van der Waals surface area contributed by atoms with E-state index in [1.165, 1.54) is 6.42 Å². The minimum Gasteiger partial charge on any atom is -0.496 e. The second-order valence-electron chi connectivity index (χ2n) is 3.24. The van der Waals surface area contributed by atoms with Crippen molar-refractivity contribution in [1.29, 1.82) is 0 Å². The summed E-state index contributed by atoms with van der Waals surface area (Å²) in [5.41, 5.74) is 1.16. The summed E-state index contributed by atoms with van der Waals surface area (Å²) in [6.45, 7) is 4.24. The van der Waals surface area contributed by atoms with Crippen LogP contribution in [0.4, 0.5) is 0 Å². The Balaban J connectivity index is 2.67. The topological polar surface area (TPSA) is 25.8 Å². The minimum atomic E-state index is 0.769. The van der Waals surface area contributed by atoms with Gasteiger partial charge < -0.3 is 10.1 Å². The molecular weight excluding hydrogens is 198 g/mol. The molecule has 0 aliphatic heterocycles. The van der Waals surface area contributed by atoms with Crippen LogP contribution >= 0.6 is 11.6 Å². The molecule has 0 heterocycles. The number of ether oxygens (including phenoxy) is 1. The molecule has 0 radical (unpaired) electrons. The normalized spacial score (nSPS) is 10.2. The van der Waals surface area contributed by atoms with Gasteiger partial charge in [0.1, 0.15) is 12.3 Å². The van der Waals surface area contributed by atoms with Gasteiger partial charge in [0.2, 0.25) is 0 Å². The third kappa shape index (κ3) is 3.20. The van der Waals surface area contributed by atoms with Gasteiger partial charge in [-0.15, -0.1) is 0 Å². The molecule has 0 aliphatic carbocycles. The first kappa shape index (κ1) is 11.3. The molecule has 14 heavy (non-hydrogen) atoms. The van der Waals surface area contributed by atoms with Crippen molar-refractivity contribution in [2.75, 3.05) is 13.7 Å². The molecule has 0 unspecified atom stereocenters. The van der Waals surface area contributed by atoms with Crippen molar-refractivity contribution in [1.82, 2.24) is 0 Å². The van der Waals surface area contributed by atoms with Gasteiger partial charge in [0, 0.05) is 10.6 Å². The molecular formula is C11H17ClNO+. The Kier molecular flexibility index (Phi) is 4.77. The fourth-order valence-electron chi connectivity index (χ4n) is 1.37. The molecule has 2 N–H and O–H groups in total. The van der Waals surface area contributed by atoms with Crippen LogP contribution in [0.3, 0.4) is 0 Å². The highest BCUT2D eigenvalue weighted by molar-refractivity contribution is 6.30. The highest BCUT2D eigenvalue weighted by Gasteiger charge is 2.04. The number of methoxy groups -OCH3 is 1. The van der Waals surface area contributed by atoms with Gasteiger partial charge in [-0.3, -0.25) is 0 Å². The molecule has 0 aromatic heterocycles. The maximum absolute atomic E-state index is 5.92. The van der Waals surface area contributed by atoms with Crippen LogP contribution in [0, 0.1) is 0 Å². The lowest BCUT2D eigenvalue weighted by Gasteiger charge is -2.07. The van der Waals surface area contributed by atoms with E-state index in [4.69, 9.17) is 16.3 Å². The fourth-order valence-corrected chi connectivity index (χ4v) is 1.56. The molecule has 0 aliphatic rings. The van der Waals surface area contributed by atoms with Crippen molar-refractivity contribution in [3.05, 3.63) is 28.8 Å². The van der Waals surface area contributed by atoms with E-state index in [2.05, 4.69) is 12.2 Å². The lowest BCUT2D eigenvalue weighted by atomic mass is 10.2. The average Bonchev–Trinajstić information content (AvgIpc) is 2.19. The highest BCUT2D eigenvalue weighted by Crippen LogP contribution is 2.21. The molecule has 2 nitrogen and oxygen atoms in total. The zero-order valence-electron chi connectivity index (χ0n) is 8.72. The Bertz CT molecular complexity index is 289. The molecule has 0 fully saturated rings. The summed E-state index contributed by atoms with van der Waals surface area (Å²) >= 11 is 5.92. The van der Waals surface area contributed by atoms with E-state index in [1.807, 2.05) is 18.2 Å². The second-order valence-corrected chi connectivity index (χ2v) is 3.67. The monoisotopic (exact) mass is 214 g/mol. The summed E-state index contributed by atoms with van der Waals surface area (Å²) in [6, 6.07) is 5.73. The lowest BCUT2D eigenvalue weighted by molar-refractivity contribution is -0.670. The molecule has 0 atom stereocenters. The van der Waals surface area contributed by atoms with Crippen molar-refractivity contribution in [3.8, 4) is 5.75 Å². The molecule has 0 bridgehead atoms. The number of hydrogen-bond donors (Lipinski definition) is 1.